The van der Waals surface area contributed by atoms with Gasteiger partial charge in [0.05, 0.1) is 36.3 Å². The Morgan fingerprint density at radius 1 is 1.10 bits per heavy atom. The Labute approximate surface area is 249 Å². The number of rotatable bonds is 10. The van der Waals surface area contributed by atoms with Crippen LogP contribution in [0.2, 0.25) is 0 Å². The van der Waals surface area contributed by atoms with Gasteiger partial charge in [-0.2, -0.15) is 22.6 Å². The standard InChI is InChI=1S/C28H40F3N5O4S2/c1-42(39,40)35-12-8-25-23(19-35)27(32-36(25)18-22(38)17-34-11-7-21(37)16-34)20-5-6-24(28(29,30)31)26(15-20)41-14-13-33-9-3-2-4-10-33/h5-6,15,21-22,37-38H,2-4,7-14,16-19H2,1H3. The minimum absolute atomic E-state index is 0.0658. The van der Waals surface area contributed by atoms with Crippen LogP contribution in [0.15, 0.2) is 23.1 Å². The maximum absolute atomic E-state index is 14.0. The topological polar surface area (TPSA) is 102 Å². The number of sulfonamides is 1. The largest absolute Gasteiger partial charge is 0.417 e. The van der Waals surface area contributed by atoms with Gasteiger partial charge in [0.1, 0.15) is 0 Å². The maximum atomic E-state index is 14.0. The van der Waals surface area contributed by atoms with Crippen molar-refractivity contribution in [1.29, 1.82) is 0 Å². The molecule has 0 bridgehead atoms. The molecule has 0 spiro atoms. The normalized spacial score (nSPS) is 22.0. The summed E-state index contributed by atoms with van der Waals surface area (Å²) in [6.45, 7) is 4.67. The van der Waals surface area contributed by atoms with Crippen molar-refractivity contribution in [2.75, 3.05) is 57.8 Å². The number of β-amino-alcohol motifs (C(OH)–C–C–N with tert-alkyl or cyclic N) is 2. The number of halogens is 3. The molecule has 14 heteroatoms. The van der Waals surface area contributed by atoms with Gasteiger partial charge in [-0.3, -0.25) is 9.58 Å². The van der Waals surface area contributed by atoms with Crippen LogP contribution in [-0.4, -0.2) is 113 Å². The van der Waals surface area contributed by atoms with Crippen LogP contribution in [0.3, 0.4) is 0 Å². The Balaban J connectivity index is 1.44. The molecule has 1 aromatic heterocycles. The van der Waals surface area contributed by atoms with Gasteiger partial charge in [-0.1, -0.05) is 12.5 Å². The quantitative estimate of drug-likeness (QED) is 0.387. The number of thioether (sulfide) groups is 1. The van der Waals surface area contributed by atoms with Crippen molar-refractivity contribution in [2.45, 2.75) is 68.5 Å². The fourth-order valence-corrected chi connectivity index (χ4v) is 8.06. The number of hydrogen-bond donors (Lipinski definition) is 2. The molecule has 2 N–H and O–H groups in total. The second-order valence-electron chi connectivity index (χ2n) is 11.6. The Bertz CT molecular complexity index is 1350. The SMILES string of the molecule is CS(=O)(=O)N1CCc2c(c(-c3ccc(C(F)(F)F)c(SCCN4CCCCC4)c3)nn2CC(O)CN2CCC(O)C2)C1. The van der Waals surface area contributed by atoms with E-state index in [-0.39, 0.29) is 24.5 Å². The number of piperidine rings is 1. The summed E-state index contributed by atoms with van der Waals surface area (Å²) in [5.41, 5.74) is 1.67. The number of nitrogens with zero attached hydrogens (tertiary/aromatic N) is 5. The zero-order valence-electron chi connectivity index (χ0n) is 23.9. The maximum Gasteiger partial charge on any atom is 0.417 e. The summed E-state index contributed by atoms with van der Waals surface area (Å²) in [6.07, 6.45) is -0.109. The van der Waals surface area contributed by atoms with E-state index in [1.807, 2.05) is 4.90 Å². The van der Waals surface area contributed by atoms with E-state index in [4.69, 9.17) is 5.10 Å². The van der Waals surface area contributed by atoms with Gasteiger partial charge >= 0.3 is 6.18 Å². The number of aliphatic hydroxyl groups excluding tert-OH is 2. The Morgan fingerprint density at radius 3 is 2.52 bits per heavy atom. The van der Waals surface area contributed by atoms with Crippen molar-refractivity contribution < 1.29 is 31.8 Å². The van der Waals surface area contributed by atoms with Crippen LogP contribution in [-0.2, 0) is 35.7 Å². The number of aromatic nitrogens is 2. The third-order valence-electron chi connectivity index (χ3n) is 8.34. The van der Waals surface area contributed by atoms with Gasteiger partial charge in [-0.15, -0.1) is 11.8 Å². The highest BCUT2D eigenvalue weighted by molar-refractivity contribution is 7.99. The van der Waals surface area contributed by atoms with E-state index in [0.29, 0.717) is 61.6 Å². The van der Waals surface area contributed by atoms with Crippen molar-refractivity contribution in [3.8, 4) is 11.3 Å². The molecule has 0 amide bonds. The Morgan fingerprint density at radius 2 is 1.86 bits per heavy atom. The summed E-state index contributed by atoms with van der Waals surface area (Å²) in [7, 11) is -3.50. The van der Waals surface area contributed by atoms with Crippen molar-refractivity contribution >= 4 is 21.8 Å². The lowest BCUT2D eigenvalue weighted by molar-refractivity contribution is -0.139. The number of alkyl halides is 3. The highest BCUT2D eigenvalue weighted by Gasteiger charge is 2.35. The molecule has 42 heavy (non-hydrogen) atoms. The molecule has 3 aliphatic heterocycles. The predicted octanol–water partition coefficient (Wildman–Crippen LogP) is 2.89. The predicted molar refractivity (Wildman–Crippen MR) is 156 cm³/mol. The van der Waals surface area contributed by atoms with Crippen LogP contribution in [0.4, 0.5) is 13.2 Å². The number of fused-ring (bicyclic) bond motifs is 1. The molecular weight excluding hydrogens is 591 g/mol. The van der Waals surface area contributed by atoms with E-state index >= 15 is 0 Å². The minimum Gasteiger partial charge on any atom is -0.392 e. The molecule has 2 fully saturated rings. The van der Waals surface area contributed by atoms with Gasteiger partial charge in [0.25, 0.3) is 0 Å². The van der Waals surface area contributed by atoms with Crippen LogP contribution in [0.5, 0.6) is 0 Å². The summed E-state index contributed by atoms with van der Waals surface area (Å²) < 4.78 is 69.8. The average molecular weight is 632 g/mol. The second-order valence-corrected chi connectivity index (χ2v) is 14.7. The first kappa shape index (κ1) is 31.7. The van der Waals surface area contributed by atoms with Gasteiger partial charge in [-0.05, 0) is 44.5 Å². The summed E-state index contributed by atoms with van der Waals surface area (Å²) in [5, 5.41) is 25.5. The smallest absolute Gasteiger partial charge is 0.392 e. The zero-order valence-corrected chi connectivity index (χ0v) is 25.5. The molecule has 1 aromatic carbocycles. The monoisotopic (exact) mass is 631 g/mol. The van der Waals surface area contributed by atoms with E-state index < -0.39 is 34.0 Å². The molecule has 9 nitrogen and oxygen atoms in total. The van der Waals surface area contributed by atoms with Crippen molar-refractivity contribution in [3.05, 3.63) is 35.0 Å². The summed E-state index contributed by atoms with van der Waals surface area (Å²) in [6, 6.07) is 4.03. The third-order valence-corrected chi connectivity index (χ3v) is 10.6. The zero-order chi connectivity index (χ0) is 30.1. The van der Waals surface area contributed by atoms with Gasteiger partial charge in [0, 0.05) is 73.2 Å². The molecular formula is C28H40F3N5O4S2. The lowest BCUT2D eigenvalue weighted by atomic mass is 10.0. The number of benzene rings is 1. The lowest BCUT2D eigenvalue weighted by Crippen LogP contribution is -2.37. The molecule has 5 rings (SSSR count). The molecule has 0 aliphatic carbocycles. The van der Waals surface area contributed by atoms with E-state index in [1.165, 1.54) is 34.6 Å². The van der Waals surface area contributed by atoms with Crippen LogP contribution < -0.4 is 0 Å². The van der Waals surface area contributed by atoms with E-state index in [9.17, 15) is 31.8 Å². The third kappa shape index (κ3) is 7.69. The molecule has 2 atom stereocenters. The van der Waals surface area contributed by atoms with Gasteiger partial charge < -0.3 is 15.1 Å². The van der Waals surface area contributed by atoms with Gasteiger partial charge in [-0.25, -0.2) is 8.42 Å². The van der Waals surface area contributed by atoms with Crippen LogP contribution in [0, 0.1) is 0 Å². The number of likely N-dealkylation sites (tertiary alicyclic amines) is 2. The Hall–Kier alpha value is -1.68. The summed E-state index contributed by atoms with van der Waals surface area (Å²) in [4.78, 5) is 4.41. The fourth-order valence-electron chi connectivity index (χ4n) is 6.16. The van der Waals surface area contributed by atoms with Crippen molar-refractivity contribution in [1.82, 2.24) is 23.9 Å². The van der Waals surface area contributed by atoms with Crippen molar-refractivity contribution in [2.24, 2.45) is 0 Å². The van der Waals surface area contributed by atoms with Crippen LogP contribution in [0.25, 0.3) is 11.3 Å². The number of aliphatic hydroxyl groups is 2. The first-order valence-electron chi connectivity index (χ1n) is 14.6. The molecule has 2 saturated heterocycles. The number of hydrogen-bond acceptors (Lipinski definition) is 8. The summed E-state index contributed by atoms with van der Waals surface area (Å²) in [5.74, 6) is 0.526. The minimum atomic E-state index is -4.51. The van der Waals surface area contributed by atoms with Crippen molar-refractivity contribution in [3.63, 3.8) is 0 Å². The van der Waals surface area contributed by atoms with E-state index in [0.717, 1.165) is 43.9 Å². The lowest BCUT2D eigenvalue weighted by Gasteiger charge is -2.26. The molecule has 3 aliphatic rings. The van der Waals surface area contributed by atoms with Crippen LogP contribution >= 0.6 is 11.8 Å². The molecule has 0 radical (unpaired) electrons. The fraction of sp³-hybridized carbons (Fsp3) is 0.679. The highest BCUT2D eigenvalue weighted by atomic mass is 32.2. The first-order chi connectivity index (χ1) is 19.9. The Kier molecular flexibility index (Phi) is 9.92. The molecule has 0 saturated carbocycles. The average Bonchev–Trinajstić information content (AvgIpc) is 3.50. The van der Waals surface area contributed by atoms with Crippen LogP contribution in [0.1, 0.15) is 42.5 Å². The van der Waals surface area contributed by atoms with E-state index in [2.05, 4.69) is 4.90 Å². The van der Waals surface area contributed by atoms with Gasteiger partial charge in [0.15, 0.2) is 0 Å². The molecule has 2 aromatic rings. The highest BCUT2D eigenvalue weighted by Crippen LogP contribution is 2.40. The van der Waals surface area contributed by atoms with Gasteiger partial charge in [0.2, 0.25) is 10.0 Å². The second kappa shape index (κ2) is 13.1. The first-order valence-corrected chi connectivity index (χ1v) is 17.4. The van der Waals surface area contributed by atoms with E-state index in [1.54, 1.807) is 4.68 Å². The molecule has 4 heterocycles. The molecule has 2 unspecified atom stereocenters. The molecule has 234 valence electrons. The summed E-state index contributed by atoms with van der Waals surface area (Å²) >= 11 is 1.19.